The van der Waals surface area contributed by atoms with Gasteiger partial charge >= 0.3 is 19.7 Å². The van der Waals surface area contributed by atoms with E-state index < -0.39 is 73.8 Å². The van der Waals surface area contributed by atoms with Gasteiger partial charge in [-0.15, -0.1) is 5.10 Å². The number of carboxylic acid groups (broad SMARTS) is 1. The van der Waals surface area contributed by atoms with E-state index in [0.29, 0.717) is 17.0 Å². The van der Waals surface area contributed by atoms with Crippen LogP contribution in [0.5, 0.6) is 0 Å². The van der Waals surface area contributed by atoms with E-state index in [1.807, 2.05) is 20.8 Å². The van der Waals surface area contributed by atoms with Gasteiger partial charge < -0.3 is 42.6 Å². The van der Waals surface area contributed by atoms with Crippen LogP contribution in [-0.4, -0.2) is 106 Å². The van der Waals surface area contributed by atoms with Crippen molar-refractivity contribution < 1.29 is 56.7 Å². The van der Waals surface area contributed by atoms with Crippen molar-refractivity contribution in [2.45, 2.75) is 128 Å². The second-order valence-corrected chi connectivity index (χ2v) is 17.0. The Bertz CT molecular complexity index is 1600. The first kappa shape index (κ1) is 39.8. The topological polar surface area (TPSA) is 179 Å². The summed E-state index contributed by atoms with van der Waals surface area (Å²) < 4.78 is 63.6. The molecule has 1 N–H and O–H groups in total. The van der Waals surface area contributed by atoms with Crippen LogP contribution in [-0.2, 0) is 46.8 Å². The molecule has 0 spiro atoms. The molecule has 2 saturated heterocycles. The standard InChI is InChI=1S/C33H50ClN4O12P/c1-9-45-51(42,46-10-2)33(19-43-8,17-24(39)40)44-18-23-26-27(49-32(6,7)48-26)25(47-23)21-15-16-22-28(35-29(34)36-38(21)22)37(20-13-11-12-14-20)30(41)50-31(3,4)5/h15-16,20,23,25-27H,9-14,17-19H2,1-8H3,(H,39,40)/t23-,25-,26-,27+,33-/m1/s1. The zero-order valence-electron chi connectivity index (χ0n) is 30.5. The summed E-state index contributed by atoms with van der Waals surface area (Å²) in [5.74, 6) is -2.00. The molecule has 0 bridgehead atoms. The van der Waals surface area contributed by atoms with Gasteiger partial charge in [-0.3, -0.25) is 14.3 Å². The maximum absolute atomic E-state index is 14.2. The first-order chi connectivity index (χ1) is 24.0. The molecule has 16 nitrogen and oxygen atoms in total. The lowest BCUT2D eigenvalue weighted by molar-refractivity contribution is -0.198. The van der Waals surface area contributed by atoms with Crippen LogP contribution in [0.25, 0.3) is 5.52 Å². The third kappa shape index (κ3) is 8.39. The summed E-state index contributed by atoms with van der Waals surface area (Å²) in [6, 6.07) is 3.44. The molecule has 0 radical (unpaired) electrons. The second kappa shape index (κ2) is 15.5. The summed E-state index contributed by atoms with van der Waals surface area (Å²) in [4.78, 5) is 31.9. The number of rotatable bonds is 15. The number of hydrogen-bond donors (Lipinski definition) is 1. The highest BCUT2D eigenvalue weighted by molar-refractivity contribution is 7.55. The van der Waals surface area contributed by atoms with Crippen LogP contribution in [0.15, 0.2) is 12.1 Å². The van der Waals surface area contributed by atoms with E-state index in [1.54, 1.807) is 49.2 Å². The fourth-order valence-electron chi connectivity index (χ4n) is 7.01. The highest BCUT2D eigenvalue weighted by atomic mass is 35.5. The van der Waals surface area contributed by atoms with Crippen LogP contribution in [0.2, 0.25) is 5.28 Å². The number of halogens is 1. The van der Waals surface area contributed by atoms with Gasteiger partial charge in [-0.05, 0) is 85.0 Å². The number of aliphatic carboxylic acids is 1. The predicted octanol–water partition coefficient (Wildman–Crippen LogP) is 6.13. The molecule has 18 heteroatoms. The number of ether oxygens (including phenoxy) is 6. The number of amides is 1. The van der Waals surface area contributed by atoms with Crippen molar-refractivity contribution in [3.63, 3.8) is 0 Å². The molecule has 1 amide bonds. The molecule has 0 unspecified atom stereocenters. The molecule has 51 heavy (non-hydrogen) atoms. The highest BCUT2D eigenvalue weighted by Gasteiger charge is 2.59. The van der Waals surface area contributed by atoms with E-state index in [2.05, 4.69) is 10.1 Å². The van der Waals surface area contributed by atoms with Crippen molar-refractivity contribution >= 4 is 42.6 Å². The van der Waals surface area contributed by atoms with Crippen LogP contribution >= 0.6 is 19.2 Å². The average molecular weight is 761 g/mol. The zero-order valence-corrected chi connectivity index (χ0v) is 32.1. The van der Waals surface area contributed by atoms with Gasteiger partial charge in [0.25, 0.3) is 0 Å². The van der Waals surface area contributed by atoms with E-state index in [1.165, 1.54) is 7.11 Å². The van der Waals surface area contributed by atoms with E-state index in [-0.39, 0.29) is 31.1 Å². The Hall–Kier alpha value is -2.40. The van der Waals surface area contributed by atoms with Gasteiger partial charge in [0.1, 0.15) is 35.5 Å². The third-order valence-electron chi connectivity index (χ3n) is 8.85. The first-order valence-electron chi connectivity index (χ1n) is 17.3. The van der Waals surface area contributed by atoms with Gasteiger partial charge in [-0.25, -0.2) is 9.31 Å². The SMILES string of the molecule is CCOP(=O)(OCC)[C@@](COC)(CC(=O)O)OC[C@H]1O[C@H](c2ccc3c(N(C(=O)OC(C)(C)C)C4CCCC4)nc(Cl)nn23)[C@@H]2OC(C)(C)O[C@@H]21. The third-order valence-corrected chi connectivity index (χ3v) is 11.6. The molecule has 1 saturated carbocycles. The smallest absolute Gasteiger partial charge is 0.416 e. The number of hydrogen-bond acceptors (Lipinski definition) is 13. The molecule has 0 aromatic carbocycles. The molecule has 5 rings (SSSR count). The molecule has 5 atom stereocenters. The minimum Gasteiger partial charge on any atom is -0.481 e. The van der Waals surface area contributed by atoms with Crippen LogP contribution in [0.4, 0.5) is 10.6 Å². The number of nitrogens with zero attached hydrogens (tertiary/aromatic N) is 4. The minimum atomic E-state index is -4.22. The van der Waals surface area contributed by atoms with Crippen LogP contribution in [0.1, 0.15) is 92.4 Å². The summed E-state index contributed by atoms with van der Waals surface area (Å²) in [6.45, 7) is 11.5. The second-order valence-electron chi connectivity index (χ2n) is 14.3. The van der Waals surface area contributed by atoms with E-state index in [4.69, 9.17) is 49.1 Å². The van der Waals surface area contributed by atoms with Gasteiger partial charge in [-0.2, -0.15) is 4.98 Å². The summed E-state index contributed by atoms with van der Waals surface area (Å²) in [5.41, 5.74) is 0.294. The predicted molar refractivity (Wildman–Crippen MR) is 184 cm³/mol. The normalized spacial score (nSPS) is 24.9. The van der Waals surface area contributed by atoms with E-state index >= 15 is 0 Å². The molecule has 4 heterocycles. The van der Waals surface area contributed by atoms with Gasteiger partial charge in [0.05, 0.1) is 38.5 Å². The van der Waals surface area contributed by atoms with Crippen molar-refractivity contribution in [1.29, 1.82) is 0 Å². The molecular formula is C33H50ClN4O12P. The maximum Gasteiger partial charge on any atom is 0.416 e. The van der Waals surface area contributed by atoms with Crippen molar-refractivity contribution in [2.24, 2.45) is 0 Å². The monoisotopic (exact) mass is 760 g/mol. The highest BCUT2D eigenvalue weighted by Crippen LogP contribution is 2.62. The Morgan fingerprint density at radius 1 is 1.12 bits per heavy atom. The first-order valence-corrected chi connectivity index (χ1v) is 19.2. The molecule has 3 aliphatic rings. The summed E-state index contributed by atoms with van der Waals surface area (Å²) >= 11 is 6.55. The number of methoxy groups -OCH3 is 1. The molecular weight excluding hydrogens is 711 g/mol. The van der Waals surface area contributed by atoms with Crippen molar-refractivity contribution in [2.75, 3.05) is 38.4 Å². The Morgan fingerprint density at radius 2 is 1.76 bits per heavy atom. The number of carbonyl (C=O) groups excluding carboxylic acids is 1. The fourth-order valence-corrected chi connectivity index (χ4v) is 9.24. The van der Waals surface area contributed by atoms with Gasteiger partial charge in [0, 0.05) is 13.2 Å². The van der Waals surface area contributed by atoms with Gasteiger partial charge in [0.15, 0.2) is 11.6 Å². The van der Waals surface area contributed by atoms with E-state index in [9.17, 15) is 19.3 Å². The number of carboxylic acids is 1. The fraction of sp³-hybridized carbons (Fsp3) is 0.758. The minimum absolute atomic E-state index is 0.0244. The van der Waals surface area contributed by atoms with Crippen LogP contribution in [0.3, 0.4) is 0 Å². The van der Waals surface area contributed by atoms with Crippen LogP contribution in [0, 0.1) is 0 Å². The van der Waals surface area contributed by atoms with Crippen molar-refractivity contribution in [3.8, 4) is 0 Å². The molecule has 286 valence electrons. The number of fused-ring (bicyclic) bond motifs is 2. The van der Waals surface area contributed by atoms with Crippen LogP contribution < -0.4 is 4.90 Å². The molecule has 2 aromatic rings. The Kier molecular flexibility index (Phi) is 12.1. The molecule has 1 aliphatic carbocycles. The number of aromatic nitrogens is 3. The average Bonchev–Trinajstić information content (AvgIpc) is 3.80. The molecule has 2 aromatic heterocycles. The zero-order chi connectivity index (χ0) is 37.4. The lowest BCUT2D eigenvalue weighted by Crippen LogP contribution is -2.44. The Balaban J connectivity index is 1.52. The summed E-state index contributed by atoms with van der Waals surface area (Å²) in [6.07, 6.45) is -0.800. The van der Waals surface area contributed by atoms with Gasteiger partial charge in [-0.1, -0.05) is 12.8 Å². The number of carbonyl (C=O) groups is 2. The molecule has 3 fully saturated rings. The Labute approximate surface area is 302 Å². The quantitative estimate of drug-likeness (QED) is 0.205. The summed E-state index contributed by atoms with van der Waals surface area (Å²) in [5, 5.41) is 12.3. The largest absolute Gasteiger partial charge is 0.481 e. The lowest BCUT2D eigenvalue weighted by Gasteiger charge is -2.38. The lowest BCUT2D eigenvalue weighted by atomic mass is 10.1. The van der Waals surface area contributed by atoms with Crippen molar-refractivity contribution in [3.05, 3.63) is 23.1 Å². The van der Waals surface area contributed by atoms with Gasteiger partial charge in [0.2, 0.25) is 10.6 Å². The molecule has 2 aliphatic heterocycles. The van der Waals surface area contributed by atoms with Crippen molar-refractivity contribution in [1.82, 2.24) is 14.6 Å². The maximum atomic E-state index is 14.2. The number of anilines is 1. The Morgan fingerprint density at radius 3 is 2.35 bits per heavy atom. The summed E-state index contributed by atoms with van der Waals surface area (Å²) in [7, 11) is -2.88. The van der Waals surface area contributed by atoms with E-state index in [0.717, 1.165) is 25.7 Å².